The fourth-order valence-electron chi connectivity index (χ4n) is 10.0. The van der Waals surface area contributed by atoms with Gasteiger partial charge >= 0.3 is 5.97 Å². The third-order valence-corrected chi connectivity index (χ3v) is 15.0. The van der Waals surface area contributed by atoms with E-state index in [1.165, 1.54) is 257 Å². The summed E-state index contributed by atoms with van der Waals surface area (Å²) in [5.74, 6) is -0.0864. The number of rotatable bonds is 60. The van der Waals surface area contributed by atoms with Gasteiger partial charge in [-0.05, 0) is 57.8 Å². The van der Waals surface area contributed by atoms with Crippen LogP contribution < -0.4 is 5.32 Å². The summed E-state index contributed by atoms with van der Waals surface area (Å²) in [6.07, 6.45) is 75.1. The maximum atomic E-state index is 12.5. The molecule has 0 rings (SSSR count). The Hall–Kier alpha value is -1.66. The Morgan fingerprint density at radius 3 is 1.00 bits per heavy atom. The normalized spacial score (nSPS) is 12.7. The molecule has 0 aromatic carbocycles. The molecule has 6 heteroatoms. The molecule has 0 saturated carbocycles. The van der Waals surface area contributed by atoms with Crippen LogP contribution in [-0.2, 0) is 14.3 Å². The summed E-state index contributed by atoms with van der Waals surface area (Å²) in [4.78, 5) is 24.6. The monoisotopic (exact) mass is 1000 g/mol. The lowest BCUT2D eigenvalue weighted by atomic mass is 10.0. The van der Waals surface area contributed by atoms with E-state index in [9.17, 15) is 19.8 Å². The zero-order valence-corrected chi connectivity index (χ0v) is 48.0. The maximum absolute atomic E-state index is 12.5. The number of nitrogens with one attached hydrogen (secondary N) is 1. The van der Waals surface area contributed by atoms with Gasteiger partial charge in [0.15, 0.2) is 0 Å². The number of aliphatic hydroxyl groups is 2. The summed E-state index contributed by atoms with van der Waals surface area (Å²) in [6.45, 7) is 4.90. The second kappa shape index (κ2) is 60.9. The number of esters is 1. The zero-order chi connectivity index (χ0) is 51.4. The van der Waals surface area contributed by atoms with Gasteiger partial charge in [0, 0.05) is 12.8 Å². The standard InChI is InChI=1S/C65H125NO5/c1-3-5-7-9-11-13-15-17-19-21-22-23-24-25-26-27-29-33-37-41-45-49-53-57-63(68)62(61-67)66-64(69)58-54-50-46-42-38-34-30-28-32-36-40-44-48-52-56-60-71-65(70)59-55-51-47-43-39-35-31-20-18-16-14-12-10-8-6-4-2/h32,36,53,57,62-63,67-68H,3-31,33-35,37-52,54-56,58-61H2,1-2H3,(H,66,69)/b36-32-,57-53+. The van der Waals surface area contributed by atoms with Crippen LogP contribution in [0.15, 0.2) is 24.3 Å². The van der Waals surface area contributed by atoms with Gasteiger partial charge in [0.2, 0.25) is 5.91 Å². The molecule has 0 heterocycles. The summed E-state index contributed by atoms with van der Waals surface area (Å²) in [7, 11) is 0. The van der Waals surface area contributed by atoms with Crippen LogP contribution in [0.25, 0.3) is 0 Å². The van der Waals surface area contributed by atoms with Crippen LogP contribution in [0.5, 0.6) is 0 Å². The van der Waals surface area contributed by atoms with Crippen LogP contribution in [0.2, 0.25) is 0 Å². The van der Waals surface area contributed by atoms with Gasteiger partial charge in [-0.1, -0.05) is 308 Å². The second-order valence-electron chi connectivity index (χ2n) is 22.1. The molecular formula is C65H125NO5. The highest BCUT2D eigenvalue weighted by atomic mass is 16.5. The highest BCUT2D eigenvalue weighted by Gasteiger charge is 2.18. The summed E-state index contributed by atoms with van der Waals surface area (Å²) >= 11 is 0. The lowest BCUT2D eigenvalue weighted by molar-refractivity contribution is -0.143. The average Bonchev–Trinajstić information content (AvgIpc) is 3.37. The summed E-state index contributed by atoms with van der Waals surface area (Å²) < 4.78 is 5.48. The highest BCUT2D eigenvalue weighted by molar-refractivity contribution is 5.76. The number of hydrogen-bond donors (Lipinski definition) is 3. The molecule has 0 radical (unpaired) electrons. The van der Waals surface area contributed by atoms with Crippen LogP contribution in [0.4, 0.5) is 0 Å². The summed E-state index contributed by atoms with van der Waals surface area (Å²) in [5.41, 5.74) is 0. The predicted molar refractivity (Wildman–Crippen MR) is 310 cm³/mol. The molecule has 71 heavy (non-hydrogen) atoms. The zero-order valence-electron chi connectivity index (χ0n) is 48.0. The first-order chi connectivity index (χ1) is 35.0. The number of unbranched alkanes of at least 4 members (excludes halogenated alkanes) is 47. The van der Waals surface area contributed by atoms with Gasteiger partial charge in [0.05, 0.1) is 25.4 Å². The van der Waals surface area contributed by atoms with Gasteiger partial charge in [-0.25, -0.2) is 0 Å². The van der Waals surface area contributed by atoms with E-state index in [0.717, 1.165) is 70.6 Å². The molecular weight excluding hydrogens is 875 g/mol. The van der Waals surface area contributed by atoms with Crippen molar-refractivity contribution in [3.8, 4) is 0 Å². The number of hydrogen-bond acceptors (Lipinski definition) is 5. The van der Waals surface area contributed by atoms with E-state index >= 15 is 0 Å². The van der Waals surface area contributed by atoms with Crippen molar-refractivity contribution in [2.24, 2.45) is 0 Å². The minimum atomic E-state index is -0.855. The molecule has 2 atom stereocenters. The molecule has 1 amide bonds. The van der Waals surface area contributed by atoms with Gasteiger partial charge in [0.1, 0.15) is 0 Å². The number of carbonyl (C=O) groups excluding carboxylic acids is 2. The van der Waals surface area contributed by atoms with E-state index in [1.54, 1.807) is 6.08 Å². The first-order valence-electron chi connectivity index (χ1n) is 32.1. The number of amides is 1. The third kappa shape index (κ3) is 57.5. The Bertz CT molecular complexity index is 1110. The first-order valence-corrected chi connectivity index (χ1v) is 32.1. The van der Waals surface area contributed by atoms with Crippen molar-refractivity contribution in [2.75, 3.05) is 13.2 Å². The fourth-order valence-corrected chi connectivity index (χ4v) is 10.0. The Morgan fingerprint density at radius 2 is 0.662 bits per heavy atom. The van der Waals surface area contributed by atoms with E-state index in [1.807, 2.05) is 6.08 Å². The Morgan fingerprint density at radius 1 is 0.380 bits per heavy atom. The molecule has 6 nitrogen and oxygen atoms in total. The van der Waals surface area contributed by atoms with E-state index in [2.05, 4.69) is 31.3 Å². The lowest BCUT2D eigenvalue weighted by Gasteiger charge is -2.20. The van der Waals surface area contributed by atoms with Crippen LogP contribution in [0.1, 0.15) is 354 Å². The van der Waals surface area contributed by atoms with E-state index in [4.69, 9.17) is 4.74 Å². The van der Waals surface area contributed by atoms with Crippen molar-refractivity contribution in [3.63, 3.8) is 0 Å². The van der Waals surface area contributed by atoms with Gasteiger partial charge in [-0.15, -0.1) is 0 Å². The molecule has 2 unspecified atom stereocenters. The highest BCUT2D eigenvalue weighted by Crippen LogP contribution is 2.18. The lowest BCUT2D eigenvalue weighted by Crippen LogP contribution is -2.45. The van der Waals surface area contributed by atoms with Crippen LogP contribution in [0.3, 0.4) is 0 Å². The molecule has 0 spiro atoms. The second-order valence-corrected chi connectivity index (χ2v) is 22.1. The first kappa shape index (κ1) is 69.3. The molecule has 0 aromatic heterocycles. The number of carbonyl (C=O) groups is 2. The molecule has 0 aliphatic rings. The molecule has 0 fully saturated rings. The van der Waals surface area contributed by atoms with Crippen molar-refractivity contribution in [1.29, 1.82) is 0 Å². The minimum absolute atomic E-state index is 0.00696. The fraction of sp³-hybridized carbons (Fsp3) is 0.908. The van der Waals surface area contributed by atoms with Crippen molar-refractivity contribution in [1.82, 2.24) is 5.32 Å². The van der Waals surface area contributed by atoms with Gasteiger partial charge in [-0.2, -0.15) is 0 Å². The quantitative estimate of drug-likeness (QED) is 0.0320. The predicted octanol–water partition coefficient (Wildman–Crippen LogP) is 20.2. The Labute approximate surface area is 443 Å². The van der Waals surface area contributed by atoms with Crippen molar-refractivity contribution >= 4 is 11.9 Å². The molecule has 0 aliphatic heterocycles. The largest absolute Gasteiger partial charge is 0.466 e. The number of ether oxygens (including phenoxy) is 1. The minimum Gasteiger partial charge on any atom is -0.466 e. The van der Waals surface area contributed by atoms with Gasteiger partial charge in [0.25, 0.3) is 0 Å². The molecule has 0 aromatic rings. The summed E-state index contributed by atoms with van der Waals surface area (Å²) in [5, 5.41) is 23.2. The van der Waals surface area contributed by atoms with E-state index in [-0.39, 0.29) is 18.5 Å². The molecule has 0 aliphatic carbocycles. The van der Waals surface area contributed by atoms with Crippen LogP contribution in [-0.4, -0.2) is 47.4 Å². The SMILES string of the molecule is CCCCCCCCCCCCCCCCCCCCCCC/C=C/C(O)C(CO)NC(=O)CCCCCCCCC/C=C\CCCCCCOC(=O)CCCCCCCCCCCCCCCCCC. The third-order valence-electron chi connectivity index (χ3n) is 15.0. The van der Waals surface area contributed by atoms with Crippen LogP contribution in [0, 0.1) is 0 Å². The van der Waals surface area contributed by atoms with Crippen LogP contribution >= 0.6 is 0 Å². The Balaban J connectivity index is 3.48. The topological polar surface area (TPSA) is 95.9 Å². The smallest absolute Gasteiger partial charge is 0.305 e. The van der Waals surface area contributed by atoms with E-state index in [0.29, 0.717) is 19.4 Å². The number of aliphatic hydroxyl groups excluding tert-OH is 2. The van der Waals surface area contributed by atoms with E-state index < -0.39 is 12.1 Å². The van der Waals surface area contributed by atoms with Gasteiger partial charge < -0.3 is 20.3 Å². The van der Waals surface area contributed by atoms with Crippen molar-refractivity contribution < 1.29 is 24.5 Å². The average molecular weight is 1000 g/mol. The van der Waals surface area contributed by atoms with Crippen molar-refractivity contribution in [2.45, 2.75) is 366 Å². The van der Waals surface area contributed by atoms with Crippen molar-refractivity contribution in [3.05, 3.63) is 24.3 Å². The number of allylic oxidation sites excluding steroid dienone is 3. The maximum Gasteiger partial charge on any atom is 0.305 e. The Kier molecular flexibility index (Phi) is 59.5. The molecule has 3 N–H and O–H groups in total. The molecule has 0 bridgehead atoms. The molecule has 0 saturated heterocycles. The molecule has 420 valence electrons. The van der Waals surface area contributed by atoms with Gasteiger partial charge in [-0.3, -0.25) is 9.59 Å². The summed E-state index contributed by atoms with van der Waals surface area (Å²) in [6, 6.07) is -0.640.